The van der Waals surface area contributed by atoms with Gasteiger partial charge in [0.25, 0.3) is 0 Å². The van der Waals surface area contributed by atoms with E-state index in [-0.39, 0.29) is 0 Å². The van der Waals surface area contributed by atoms with Crippen LogP contribution < -0.4 is 0 Å². The highest BCUT2D eigenvalue weighted by Gasteiger charge is 2.09. The summed E-state index contributed by atoms with van der Waals surface area (Å²) >= 11 is 11.5. The van der Waals surface area contributed by atoms with E-state index < -0.39 is 0 Å². The topological polar surface area (TPSA) is 46.0 Å². The molecule has 4 nitrogen and oxygen atoms in total. The third kappa shape index (κ3) is 3.69. The van der Waals surface area contributed by atoms with Crippen LogP contribution in [0.4, 0.5) is 0 Å². The van der Waals surface area contributed by atoms with Gasteiger partial charge in [0.2, 0.25) is 4.77 Å². The van der Waals surface area contributed by atoms with Crippen LogP contribution in [0.1, 0.15) is 11.1 Å². The van der Waals surface area contributed by atoms with Crippen LogP contribution in [0.15, 0.2) is 64.7 Å². The average molecular weight is 355 g/mol. The molecule has 0 amide bonds. The summed E-state index contributed by atoms with van der Waals surface area (Å²) in [6, 6.07) is 17.7. The number of hydrogen-bond acceptors (Lipinski definition) is 3. The van der Waals surface area contributed by atoms with Crippen LogP contribution in [-0.4, -0.2) is 21.1 Å². The summed E-state index contributed by atoms with van der Waals surface area (Å²) in [5.74, 6) is 0.651. The van der Waals surface area contributed by atoms with Gasteiger partial charge in [0.05, 0.1) is 11.2 Å². The summed E-state index contributed by atoms with van der Waals surface area (Å²) in [6.07, 6.45) is 3.39. The van der Waals surface area contributed by atoms with Gasteiger partial charge in [-0.2, -0.15) is 14.9 Å². The minimum atomic E-state index is 0.411. The summed E-state index contributed by atoms with van der Waals surface area (Å²) in [6.45, 7) is 2.02. The molecule has 24 heavy (non-hydrogen) atoms. The third-order valence-corrected chi connectivity index (χ3v) is 3.91. The van der Waals surface area contributed by atoms with Crippen molar-refractivity contribution >= 4 is 36.1 Å². The SMILES string of the molecule is Cc1ccccc1-c1n[nH]c(=S)n1/N=C/C(Cl)=C/c1ccccc1. The molecule has 1 aromatic heterocycles. The molecule has 1 N–H and O–H groups in total. The summed E-state index contributed by atoms with van der Waals surface area (Å²) in [7, 11) is 0. The van der Waals surface area contributed by atoms with E-state index in [0.29, 0.717) is 15.6 Å². The number of benzene rings is 2. The van der Waals surface area contributed by atoms with Gasteiger partial charge in [0.1, 0.15) is 0 Å². The van der Waals surface area contributed by atoms with Gasteiger partial charge in [-0.05, 0) is 36.3 Å². The Kier molecular flexibility index (Phi) is 5.03. The molecule has 0 bridgehead atoms. The molecule has 0 unspecified atom stereocenters. The van der Waals surface area contributed by atoms with E-state index in [1.807, 2.05) is 67.6 Å². The van der Waals surface area contributed by atoms with Gasteiger partial charge in [0, 0.05) is 5.56 Å². The van der Waals surface area contributed by atoms with Gasteiger partial charge in [-0.1, -0.05) is 66.2 Å². The van der Waals surface area contributed by atoms with Crippen molar-refractivity contribution in [1.82, 2.24) is 14.9 Å². The Balaban J connectivity index is 1.94. The normalized spacial score (nSPS) is 12.0. The molecule has 3 aromatic rings. The van der Waals surface area contributed by atoms with Gasteiger partial charge in [-0.25, -0.2) is 5.10 Å². The molecule has 1 heterocycles. The second kappa shape index (κ2) is 7.38. The zero-order chi connectivity index (χ0) is 16.9. The first kappa shape index (κ1) is 16.4. The first-order chi connectivity index (χ1) is 11.6. The Morgan fingerprint density at radius 1 is 1.17 bits per heavy atom. The molecular formula is C18H15ClN4S. The van der Waals surface area contributed by atoms with Crippen molar-refractivity contribution < 1.29 is 0 Å². The number of aromatic amines is 1. The zero-order valence-electron chi connectivity index (χ0n) is 13.0. The molecule has 3 rings (SSSR count). The Morgan fingerprint density at radius 2 is 1.88 bits per heavy atom. The van der Waals surface area contributed by atoms with Crippen molar-refractivity contribution in [1.29, 1.82) is 0 Å². The van der Waals surface area contributed by atoms with Crippen LogP contribution in [0.2, 0.25) is 0 Å². The molecule has 0 spiro atoms. The molecular weight excluding hydrogens is 340 g/mol. The van der Waals surface area contributed by atoms with Crippen LogP contribution in [0.25, 0.3) is 17.5 Å². The van der Waals surface area contributed by atoms with Crippen LogP contribution in [-0.2, 0) is 0 Å². The lowest BCUT2D eigenvalue weighted by Crippen LogP contribution is -1.96. The number of halogens is 1. The molecule has 0 saturated carbocycles. The van der Waals surface area contributed by atoms with Crippen molar-refractivity contribution in [2.45, 2.75) is 6.92 Å². The third-order valence-electron chi connectivity index (χ3n) is 3.44. The number of nitrogens with one attached hydrogen (secondary N) is 1. The molecule has 120 valence electrons. The smallest absolute Gasteiger partial charge is 0.216 e. The van der Waals surface area contributed by atoms with E-state index in [0.717, 1.165) is 16.7 Å². The zero-order valence-corrected chi connectivity index (χ0v) is 14.6. The van der Waals surface area contributed by atoms with Crippen LogP contribution in [0, 0.1) is 11.7 Å². The van der Waals surface area contributed by atoms with Gasteiger partial charge in [-0.15, -0.1) is 0 Å². The van der Waals surface area contributed by atoms with Gasteiger partial charge < -0.3 is 0 Å². The minimum absolute atomic E-state index is 0.411. The van der Waals surface area contributed by atoms with E-state index in [2.05, 4.69) is 15.3 Å². The Bertz CT molecular complexity index is 954. The molecule has 2 aromatic carbocycles. The standard InChI is InChI=1S/C18H15ClN4S/c1-13-7-5-6-10-16(13)17-21-22-18(24)23(17)20-12-15(19)11-14-8-3-2-4-9-14/h2-12H,1H3,(H,22,24)/b15-11-,20-12+. The quantitative estimate of drug-likeness (QED) is 0.527. The fourth-order valence-electron chi connectivity index (χ4n) is 2.26. The number of aromatic nitrogens is 3. The highest BCUT2D eigenvalue weighted by atomic mass is 35.5. The Labute approximate surface area is 150 Å². The number of rotatable bonds is 4. The lowest BCUT2D eigenvalue weighted by molar-refractivity contribution is 0.871. The maximum absolute atomic E-state index is 6.25. The van der Waals surface area contributed by atoms with Gasteiger partial charge in [-0.3, -0.25) is 0 Å². The molecule has 0 saturated heterocycles. The maximum atomic E-state index is 6.25. The largest absolute Gasteiger partial charge is 0.250 e. The number of hydrogen-bond donors (Lipinski definition) is 1. The number of allylic oxidation sites excluding steroid dienone is 1. The number of aryl methyl sites for hydroxylation is 1. The highest BCUT2D eigenvalue weighted by Crippen LogP contribution is 2.21. The van der Waals surface area contributed by atoms with E-state index in [1.165, 1.54) is 0 Å². The van der Waals surface area contributed by atoms with E-state index in [1.54, 1.807) is 10.9 Å². The van der Waals surface area contributed by atoms with Crippen molar-refractivity contribution in [2.75, 3.05) is 0 Å². The lowest BCUT2D eigenvalue weighted by atomic mass is 10.1. The predicted molar refractivity (Wildman–Crippen MR) is 102 cm³/mol. The van der Waals surface area contributed by atoms with Crippen molar-refractivity contribution in [3.63, 3.8) is 0 Å². The molecule has 0 aliphatic carbocycles. The van der Waals surface area contributed by atoms with Crippen LogP contribution in [0.3, 0.4) is 0 Å². The summed E-state index contributed by atoms with van der Waals surface area (Å²) < 4.78 is 1.98. The molecule has 6 heteroatoms. The average Bonchev–Trinajstić information content (AvgIpc) is 2.95. The minimum Gasteiger partial charge on any atom is -0.250 e. The number of nitrogens with zero attached hydrogens (tertiary/aromatic N) is 3. The maximum Gasteiger partial charge on any atom is 0.216 e. The second-order valence-corrected chi connectivity index (χ2v) is 5.99. The first-order valence-corrected chi connectivity index (χ1v) is 8.14. The van der Waals surface area contributed by atoms with E-state index >= 15 is 0 Å². The van der Waals surface area contributed by atoms with Crippen molar-refractivity contribution in [3.8, 4) is 11.4 Å². The van der Waals surface area contributed by atoms with Crippen LogP contribution in [0.5, 0.6) is 0 Å². The lowest BCUT2D eigenvalue weighted by Gasteiger charge is -2.04. The first-order valence-electron chi connectivity index (χ1n) is 7.35. The van der Waals surface area contributed by atoms with E-state index in [4.69, 9.17) is 23.8 Å². The molecule has 0 atom stereocenters. The summed E-state index contributed by atoms with van der Waals surface area (Å²) in [5, 5.41) is 11.9. The number of H-pyrrole nitrogens is 1. The van der Waals surface area contributed by atoms with Gasteiger partial charge in [0.15, 0.2) is 5.82 Å². The fraction of sp³-hybridized carbons (Fsp3) is 0.0556. The fourth-order valence-corrected chi connectivity index (χ4v) is 2.60. The summed E-state index contributed by atoms with van der Waals surface area (Å²) in [5.41, 5.74) is 3.06. The van der Waals surface area contributed by atoms with Gasteiger partial charge >= 0.3 is 0 Å². The van der Waals surface area contributed by atoms with Crippen molar-refractivity contribution in [2.24, 2.45) is 5.10 Å². The molecule has 0 aliphatic rings. The molecule has 0 aliphatic heterocycles. The highest BCUT2D eigenvalue weighted by molar-refractivity contribution is 7.71. The monoisotopic (exact) mass is 354 g/mol. The molecule has 0 fully saturated rings. The summed E-state index contributed by atoms with van der Waals surface area (Å²) in [4.78, 5) is 0. The van der Waals surface area contributed by atoms with Crippen LogP contribution >= 0.6 is 23.8 Å². The predicted octanol–water partition coefficient (Wildman–Crippen LogP) is 5.03. The Morgan fingerprint density at radius 3 is 2.62 bits per heavy atom. The van der Waals surface area contributed by atoms with E-state index in [9.17, 15) is 0 Å². The second-order valence-electron chi connectivity index (χ2n) is 5.16. The van der Waals surface area contributed by atoms with Crippen molar-refractivity contribution in [3.05, 3.63) is 75.5 Å². The molecule has 0 radical (unpaired) electrons. The Hall–Kier alpha value is -2.50.